The molecule has 4 saturated carbocycles. The monoisotopic (exact) mass is 418 g/mol. The molecule has 11 atom stereocenters. The van der Waals surface area contributed by atoms with Gasteiger partial charge in [-0.05, 0) is 117 Å². The number of rotatable bonds is 5. The number of methoxy groups -OCH3 is 1. The minimum absolute atomic E-state index is 0.0312. The Labute approximate surface area is 184 Å². The van der Waals surface area contributed by atoms with E-state index in [1.807, 2.05) is 7.11 Å². The van der Waals surface area contributed by atoms with Crippen LogP contribution in [0.15, 0.2) is 0 Å². The van der Waals surface area contributed by atoms with Crippen molar-refractivity contribution in [1.29, 1.82) is 0 Å². The Morgan fingerprint density at radius 2 is 1.77 bits per heavy atom. The van der Waals surface area contributed by atoms with Crippen molar-refractivity contribution < 1.29 is 14.6 Å². The fourth-order valence-electron chi connectivity index (χ4n) is 9.51. The zero-order chi connectivity index (χ0) is 21.1. The third-order valence-corrected chi connectivity index (χ3v) is 11.2. The molecule has 5 fully saturated rings. The first kappa shape index (κ1) is 21.7. The molecule has 3 nitrogen and oxygen atoms in total. The van der Waals surface area contributed by atoms with Gasteiger partial charge in [-0.2, -0.15) is 0 Å². The lowest BCUT2D eigenvalue weighted by atomic mass is 9.44. The van der Waals surface area contributed by atoms with Crippen molar-refractivity contribution in [2.24, 2.45) is 46.3 Å². The van der Waals surface area contributed by atoms with Crippen molar-refractivity contribution in [1.82, 2.24) is 0 Å². The van der Waals surface area contributed by atoms with Crippen LogP contribution in [0.1, 0.15) is 91.4 Å². The van der Waals surface area contributed by atoms with Crippen molar-refractivity contribution in [3.05, 3.63) is 0 Å². The molecule has 0 aromatic heterocycles. The SMILES string of the molecule is COCC(C)CCC1CC2C(CC3C4CCC5CC(O)CCC5(C)C4CCC23C)O1. The molecule has 1 heterocycles. The molecule has 0 aromatic carbocycles. The van der Waals surface area contributed by atoms with Crippen LogP contribution in [-0.2, 0) is 9.47 Å². The van der Waals surface area contributed by atoms with E-state index in [9.17, 15) is 5.11 Å². The van der Waals surface area contributed by atoms with Crippen molar-refractivity contribution in [2.75, 3.05) is 13.7 Å². The Hall–Kier alpha value is -0.120. The number of hydrogen-bond acceptors (Lipinski definition) is 3. The molecular weight excluding hydrogens is 372 g/mol. The molecule has 0 bridgehead atoms. The van der Waals surface area contributed by atoms with Crippen LogP contribution in [0.3, 0.4) is 0 Å². The van der Waals surface area contributed by atoms with Gasteiger partial charge in [-0.1, -0.05) is 20.8 Å². The largest absolute Gasteiger partial charge is 0.393 e. The lowest BCUT2D eigenvalue weighted by molar-refractivity contribution is -0.127. The van der Waals surface area contributed by atoms with Gasteiger partial charge in [-0.25, -0.2) is 0 Å². The predicted octanol–water partition coefficient (Wildman–Crippen LogP) is 5.84. The molecule has 0 aromatic rings. The second-order valence-corrected chi connectivity index (χ2v) is 12.6. The fraction of sp³-hybridized carbons (Fsp3) is 1.00. The Morgan fingerprint density at radius 3 is 2.57 bits per heavy atom. The number of hydrogen-bond donors (Lipinski definition) is 1. The first-order valence-electron chi connectivity index (χ1n) is 13.2. The molecule has 11 unspecified atom stereocenters. The molecule has 1 aliphatic heterocycles. The lowest BCUT2D eigenvalue weighted by Crippen LogP contribution is -2.54. The van der Waals surface area contributed by atoms with E-state index in [4.69, 9.17) is 9.47 Å². The minimum Gasteiger partial charge on any atom is -0.393 e. The van der Waals surface area contributed by atoms with E-state index >= 15 is 0 Å². The molecule has 0 spiro atoms. The Balaban J connectivity index is 1.26. The highest BCUT2D eigenvalue weighted by atomic mass is 16.5. The summed E-state index contributed by atoms with van der Waals surface area (Å²) in [6.07, 6.45) is 15.0. The molecule has 5 rings (SSSR count). The smallest absolute Gasteiger partial charge is 0.0616 e. The van der Waals surface area contributed by atoms with E-state index in [0.29, 0.717) is 29.0 Å². The van der Waals surface area contributed by atoms with Gasteiger partial charge in [-0.15, -0.1) is 0 Å². The molecule has 4 aliphatic carbocycles. The van der Waals surface area contributed by atoms with Crippen molar-refractivity contribution in [3.8, 4) is 0 Å². The molecule has 0 radical (unpaired) electrons. The van der Waals surface area contributed by atoms with Gasteiger partial charge in [0.1, 0.15) is 0 Å². The summed E-state index contributed by atoms with van der Waals surface area (Å²) in [5, 5.41) is 10.3. The molecule has 5 aliphatic rings. The van der Waals surface area contributed by atoms with Crippen LogP contribution in [0.2, 0.25) is 0 Å². The van der Waals surface area contributed by atoms with Crippen LogP contribution >= 0.6 is 0 Å². The molecular formula is C27H46O3. The summed E-state index contributed by atoms with van der Waals surface area (Å²) >= 11 is 0. The number of fused-ring (bicyclic) bond motifs is 7. The van der Waals surface area contributed by atoms with Gasteiger partial charge in [0.05, 0.1) is 18.3 Å². The van der Waals surface area contributed by atoms with Crippen molar-refractivity contribution in [2.45, 2.75) is 110 Å². The van der Waals surface area contributed by atoms with Crippen LogP contribution in [0, 0.1) is 46.3 Å². The quantitative estimate of drug-likeness (QED) is 0.610. The Bertz CT molecular complexity index is 621. The lowest BCUT2D eigenvalue weighted by Gasteiger charge is -2.61. The van der Waals surface area contributed by atoms with Crippen molar-refractivity contribution in [3.63, 3.8) is 0 Å². The van der Waals surface area contributed by atoms with E-state index in [1.165, 1.54) is 57.8 Å². The molecule has 30 heavy (non-hydrogen) atoms. The second-order valence-electron chi connectivity index (χ2n) is 12.6. The van der Waals surface area contributed by atoms with Gasteiger partial charge < -0.3 is 14.6 Å². The van der Waals surface area contributed by atoms with Gasteiger partial charge in [0.2, 0.25) is 0 Å². The zero-order valence-corrected chi connectivity index (χ0v) is 19.9. The number of aliphatic hydroxyl groups is 1. The highest BCUT2D eigenvalue weighted by molar-refractivity contribution is 5.12. The third kappa shape index (κ3) is 3.41. The topological polar surface area (TPSA) is 38.7 Å². The summed E-state index contributed by atoms with van der Waals surface area (Å²) in [6, 6.07) is 0. The maximum atomic E-state index is 10.3. The molecule has 1 saturated heterocycles. The van der Waals surface area contributed by atoms with E-state index in [1.54, 1.807) is 0 Å². The average molecular weight is 419 g/mol. The summed E-state index contributed by atoms with van der Waals surface area (Å²) in [5.74, 6) is 4.89. The average Bonchev–Trinajstić information content (AvgIpc) is 3.24. The summed E-state index contributed by atoms with van der Waals surface area (Å²) in [6.45, 7) is 8.43. The van der Waals surface area contributed by atoms with Crippen LogP contribution in [0.25, 0.3) is 0 Å². The van der Waals surface area contributed by atoms with Crippen LogP contribution in [-0.4, -0.2) is 37.1 Å². The first-order chi connectivity index (χ1) is 14.3. The highest BCUT2D eigenvalue weighted by Crippen LogP contribution is 2.69. The summed E-state index contributed by atoms with van der Waals surface area (Å²) < 4.78 is 12.1. The first-order valence-corrected chi connectivity index (χ1v) is 13.2. The standard InChI is InChI=1S/C27H46O3/c1-17(16-29-4)5-7-20-14-24-25(30-20)15-23-21-8-6-18-13-19(28)9-11-26(18,2)22(21)10-12-27(23,24)3/h17-25,28H,5-16H2,1-4H3. The maximum absolute atomic E-state index is 10.3. The summed E-state index contributed by atoms with van der Waals surface area (Å²) in [7, 11) is 1.81. The van der Waals surface area contributed by atoms with Gasteiger partial charge in [0.25, 0.3) is 0 Å². The van der Waals surface area contributed by atoms with E-state index in [2.05, 4.69) is 20.8 Å². The van der Waals surface area contributed by atoms with Crippen LogP contribution in [0.5, 0.6) is 0 Å². The zero-order valence-electron chi connectivity index (χ0n) is 19.9. The van der Waals surface area contributed by atoms with E-state index < -0.39 is 0 Å². The molecule has 1 N–H and O–H groups in total. The maximum Gasteiger partial charge on any atom is 0.0616 e. The third-order valence-electron chi connectivity index (χ3n) is 11.2. The highest BCUT2D eigenvalue weighted by Gasteiger charge is 2.64. The normalized spacial score (nSPS) is 53.5. The fourth-order valence-corrected chi connectivity index (χ4v) is 9.51. The Kier molecular flexibility index (Phi) is 5.81. The predicted molar refractivity (Wildman–Crippen MR) is 120 cm³/mol. The number of ether oxygens (including phenoxy) is 2. The molecule has 3 heteroatoms. The van der Waals surface area contributed by atoms with Gasteiger partial charge >= 0.3 is 0 Å². The van der Waals surface area contributed by atoms with Crippen LogP contribution in [0.4, 0.5) is 0 Å². The van der Waals surface area contributed by atoms with Crippen LogP contribution < -0.4 is 0 Å². The Morgan fingerprint density at radius 1 is 0.967 bits per heavy atom. The van der Waals surface area contributed by atoms with Gasteiger partial charge in [0, 0.05) is 13.7 Å². The second kappa shape index (κ2) is 8.03. The van der Waals surface area contributed by atoms with Gasteiger partial charge in [-0.3, -0.25) is 0 Å². The van der Waals surface area contributed by atoms with E-state index in [0.717, 1.165) is 49.0 Å². The summed E-state index contributed by atoms with van der Waals surface area (Å²) in [4.78, 5) is 0. The molecule has 172 valence electrons. The van der Waals surface area contributed by atoms with Crippen molar-refractivity contribution >= 4 is 0 Å². The minimum atomic E-state index is -0.0312. The number of aliphatic hydroxyl groups excluding tert-OH is 1. The van der Waals surface area contributed by atoms with Gasteiger partial charge in [0.15, 0.2) is 0 Å². The molecule has 0 amide bonds. The van der Waals surface area contributed by atoms with E-state index in [-0.39, 0.29) is 6.10 Å². The summed E-state index contributed by atoms with van der Waals surface area (Å²) in [5.41, 5.74) is 0.998.